The van der Waals surface area contributed by atoms with Gasteiger partial charge < -0.3 is 18.9 Å². The van der Waals surface area contributed by atoms with E-state index in [0.717, 1.165) is 13.0 Å². The molecule has 0 saturated heterocycles. The number of benzene rings is 2. The SMILES string of the molecule is COCCOCCOCCOCCN1[C@@H]2Cc3ccccc3[C@@]1(C)c1ccccc12.Cl. The molecule has 2 bridgehead atoms. The third-order valence-corrected chi connectivity index (χ3v) is 6.40. The molecule has 0 spiro atoms. The summed E-state index contributed by atoms with van der Waals surface area (Å²) in [4.78, 5) is 2.63. The maximum atomic E-state index is 5.91. The van der Waals surface area contributed by atoms with Crippen molar-refractivity contribution in [1.29, 1.82) is 0 Å². The Morgan fingerprint density at radius 2 is 1.39 bits per heavy atom. The van der Waals surface area contributed by atoms with Crippen molar-refractivity contribution < 1.29 is 18.9 Å². The molecule has 2 heterocycles. The summed E-state index contributed by atoms with van der Waals surface area (Å²) >= 11 is 0. The highest BCUT2D eigenvalue weighted by Gasteiger charge is 2.51. The predicted molar refractivity (Wildman–Crippen MR) is 124 cm³/mol. The second kappa shape index (κ2) is 11.4. The number of ether oxygens (including phenoxy) is 4. The van der Waals surface area contributed by atoms with E-state index in [0.29, 0.717) is 52.3 Å². The molecule has 0 aliphatic carbocycles. The molecule has 0 N–H and O–H groups in total. The van der Waals surface area contributed by atoms with Crippen LogP contribution in [0.4, 0.5) is 0 Å². The van der Waals surface area contributed by atoms with Crippen LogP contribution in [-0.4, -0.2) is 64.8 Å². The molecule has 2 aromatic carbocycles. The highest BCUT2D eigenvalue weighted by Crippen LogP contribution is 2.55. The molecule has 0 aromatic heterocycles. The van der Waals surface area contributed by atoms with E-state index >= 15 is 0 Å². The number of fused-ring (bicyclic) bond motifs is 7. The first-order chi connectivity index (χ1) is 14.8. The van der Waals surface area contributed by atoms with Crippen LogP contribution in [0.1, 0.15) is 35.2 Å². The molecule has 4 rings (SSSR count). The molecule has 5 nitrogen and oxygen atoms in total. The van der Waals surface area contributed by atoms with Gasteiger partial charge in [-0.3, -0.25) is 4.90 Å². The summed E-state index contributed by atoms with van der Waals surface area (Å²) in [5.41, 5.74) is 5.72. The Morgan fingerprint density at radius 1 is 0.806 bits per heavy atom. The molecule has 6 heteroatoms. The van der Waals surface area contributed by atoms with Gasteiger partial charge in [-0.15, -0.1) is 12.4 Å². The lowest BCUT2D eigenvalue weighted by atomic mass is 9.80. The lowest BCUT2D eigenvalue weighted by Gasteiger charge is -2.44. The number of halogens is 1. The van der Waals surface area contributed by atoms with Gasteiger partial charge in [0.2, 0.25) is 0 Å². The predicted octanol–water partition coefficient (Wildman–Crippen LogP) is 3.98. The Bertz CT molecular complexity index is 820. The van der Waals surface area contributed by atoms with Crippen molar-refractivity contribution in [2.75, 3.05) is 59.9 Å². The zero-order valence-electron chi connectivity index (χ0n) is 18.5. The average Bonchev–Trinajstić information content (AvgIpc) is 2.94. The molecule has 2 aliphatic heterocycles. The minimum Gasteiger partial charge on any atom is -0.382 e. The summed E-state index contributed by atoms with van der Waals surface area (Å²) in [6, 6.07) is 18.3. The minimum absolute atomic E-state index is 0. The standard InChI is InChI=1S/C25H33NO4.ClH/c1-25-22-9-5-3-7-20(22)19-24(21-8-4-6-10-23(21)25)26(25)11-12-28-15-16-30-18-17-29-14-13-27-2;/h3-10,24H,11-19H2,1-2H3;1H/t24-,25+;/m1./s1. The van der Waals surface area contributed by atoms with Crippen molar-refractivity contribution in [1.82, 2.24) is 4.90 Å². The molecule has 0 amide bonds. The van der Waals surface area contributed by atoms with Crippen LogP contribution in [0.5, 0.6) is 0 Å². The lowest BCUT2D eigenvalue weighted by molar-refractivity contribution is -0.00648. The summed E-state index contributed by atoms with van der Waals surface area (Å²) in [6.07, 6.45) is 1.06. The average molecular weight is 448 g/mol. The third kappa shape index (κ3) is 4.98. The molecule has 0 saturated carbocycles. The topological polar surface area (TPSA) is 40.2 Å². The van der Waals surface area contributed by atoms with Gasteiger partial charge in [-0.05, 0) is 35.6 Å². The summed E-state index contributed by atoms with van der Waals surface area (Å²) < 4.78 is 21.8. The van der Waals surface area contributed by atoms with Crippen molar-refractivity contribution >= 4 is 12.4 Å². The molecule has 0 radical (unpaired) electrons. The van der Waals surface area contributed by atoms with E-state index < -0.39 is 0 Å². The van der Waals surface area contributed by atoms with Gasteiger partial charge in [-0.25, -0.2) is 0 Å². The molecule has 2 aromatic rings. The summed E-state index contributed by atoms with van der Waals surface area (Å²) in [6.45, 7) is 7.59. The molecular weight excluding hydrogens is 414 g/mol. The van der Waals surface area contributed by atoms with Gasteiger partial charge in [0.25, 0.3) is 0 Å². The quantitative estimate of drug-likeness (QED) is 0.460. The van der Waals surface area contributed by atoms with Gasteiger partial charge in [-0.1, -0.05) is 48.5 Å². The molecule has 2 atom stereocenters. The summed E-state index contributed by atoms with van der Waals surface area (Å²) in [5.74, 6) is 0. The van der Waals surface area contributed by atoms with Crippen LogP contribution in [0.2, 0.25) is 0 Å². The monoisotopic (exact) mass is 447 g/mol. The van der Waals surface area contributed by atoms with Gasteiger partial charge >= 0.3 is 0 Å². The fourth-order valence-corrected chi connectivity index (χ4v) is 4.99. The van der Waals surface area contributed by atoms with E-state index in [1.165, 1.54) is 22.3 Å². The number of nitrogens with zero attached hydrogens (tertiary/aromatic N) is 1. The van der Waals surface area contributed by atoms with Gasteiger partial charge in [0, 0.05) is 19.7 Å². The first kappa shape index (κ1) is 24.2. The third-order valence-electron chi connectivity index (χ3n) is 6.40. The Balaban J connectivity index is 0.00000272. The second-order valence-electron chi connectivity index (χ2n) is 8.06. The normalized spacial score (nSPS) is 21.4. The Hall–Kier alpha value is -1.47. The van der Waals surface area contributed by atoms with Crippen molar-refractivity contribution in [3.8, 4) is 0 Å². The zero-order valence-corrected chi connectivity index (χ0v) is 19.4. The van der Waals surface area contributed by atoms with Crippen molar-refractivity contribution in [2.45, 2.75) is 24.9 Å². The van der Waals surface area contributed by atoms with Crippen molar-refractivity contribution in [3.63, 3.8) is 0 Å². The zero-order chi connectivity index (χ0) is 20.8. The van der Waals surface area contributed by atoms with Crippen LogP contribution in [0, 0.1) is 0 Å². The number of rotatable bonds is 12. The van der Waals surface area contributed by atoms with Crippen LogP contribution in [0.3, 0.4) is 0 Å². The minimum atomic E-state index is -0.0878. The largest absolute Gasteiger partial charge is 0.382 e. The van der Waals surface area contributed by atoms with Crippen molar-refractivity contribution in [2.24, 2.45) is 0 Å². The molecular formula is C25H34ClNO4. The van der Waals surface area contributed by atoms with Crippen LogP contribution in [0.25, 0.3) is 0 Å². The second-order valence-corrected chi connectivity index (χ2v) is 8.06. The highest BCUT2D eigenvalue weighted by atomic mass is 35.5. The van der Waals surface area contributed by atoms with Crippen molar-refractivity contribution in [3.05, 3.63) is 70.8 Å². The Kier molecular flexibility index (Phi) is 8.90. The van der Waals surface area contributed by atoms with Gasteiger partial charge in [0.05, 0.1) is 51.8 Å². The van der Waals surface area contributed by atoms with Crippen LogP contribution >= 0.6 is 12.4 Å². The highest BCUT2D eigenvalue weighted by molar-refractivity contribution is 5.85. The van der Waals surface area contributed by atoms with Gasteiger partial charge in [0.1, 0.15) is 0 Å². The first-order valence-corrected chi connectivity index (χ1v) is 10.9. The summed E-state index contributed by atoms with van der Waals surface area (Å²) in [5, 5.41) is 0. The molecule has 0 unspecified atom stereocenters. The molecule has 0 fully saturated rings. The maximum Gasteiger partial charge on any atom is 0.0701 e. The molecule has 2 aliphatic rings. The number of hydrogen-bond acceptors (Lipinski definition) is 5. The van der Waals surface area contributed by atoms with E-state index in [1.807, 2.05) is 0 Å². The Labute approximate surface area is 192 Å². The van der Waals surface area contributed by atoms with Crippen LogP contribution in [-0.2, 0) is 30.9 Å². The molecule has 31 heavy (non-hydrogen) atoms. The van der Waals surface area contributed by atoms with Gasteiger partial charge in [0.15, 0.2) is 0 Å². The van der Waals surface area contributed by atoms with E-state index in [-0.39, 0.29) is 17.9 Å². The fourth-order valence-electron chi connectivity index (χ4n) is 4.99. The van der Waals surface area contributed by atoms with E-state index in [4.69, 9.17) is 18.9 Å². The van der Waals surface area contributed by atoms with Crippen LogP contribution in [0.15, 0.2) is 48.5 Å². The first-order valence-electron chi connectivity index (χ1n) is 10.9. The van der Waals surface area contributed by atoms with E-state index in [2.05, 4.69) is 60.4 Å². The van der Waals surface area contributed by atoms with Crippen LogP contribution < -0.4 is 0 Å². The number of hydrogen-bond donors (Lipinski definition) is 0. The number of methoxy groups -OCH3 is 1. The fraction of sp³-hybridized carbons (Fsp3) is 0.520. The lowest BCUT2D eigenvalue weighted by Crippen LogP contribution is -2.47. The smallest absolute Gasteiger partial charge is 0.0701 e. The maximum absolute atomic E-state index is 5.91. The van der Waals surface area contributed by atoms with Gasteiger partial charge in [-0.2, -0.15) is 0 Å². The summed E-state index contributed by atoms with van der Waals surface area (Å²) in [7, 11) is 1.67. The van der Waals surface area contributed by atoms with E-state index in [1.54, 1.807) is 7.11 Å². The molecule has 170 valence electrons. The Morgan fingerprint density at radius 3 is 2.10 bits per heavy atom. The van der Waals surface area contributed by atoms with E-state index in [9.17, 15) is 0 Å².